The van der Waals surface area contributed by atoms with E-state index in [2.05, 4.69) is 20.0 Å². The molecule has 0 aliphatic carbocycles. The van der Waals surface area contributed by atoms with Gasteiger partial charge in [-0.15, -0.1) is 0 Å². The van der Waals surface area contributed by atoms with E-state index in [1.165, 1.54) is 25.3 Å². The van der Waals surface area contributed by atoms with Crippen LogP contribution in [0.5, 0.6) is 5.75 Å². The Bertz CT molecular complexity index is 1150. The fraction of sp³-hybridized carbons (Fsp3) is 0.200. The maximum absolute atomic E-state index is 12.6. The summed E-state index contributed by atoms with van der Waals surface area (Å²) < 4.78 is 32.8. The van der Waals surface area contributed by atoms with E-state index in [4.69, 9.17) is 16.3 Å². The number of anilines is 4. The molecule has 0 saturated carbocycles. The number of hydrogen-bond donors (Lipinski definition) is 2. The molecule has 158 valence electrons. The molecular weight excluding hydrogens is 426 g/mol. The number of methoxy groups -OCH3 is 1. The van der Waals surface area contributed by atoms with Gasteiger partial charge in [0, 0.05) is 37.2 Å². The third-order valence-corrected chi connectivity index (χ3v) is 5.80. The first-order chi connectivity index (χ1) is 14.2. The first-order valence-corrected chi connectivity index (χ1v) is 10.8. The lowest BCUT2D eigenvalue weighted by Crippen LogP contribution is -2.13. The van der Waals surface area contributed by atoms with Crippen LogP contribution in [0.1, 0.15) is 5.69 Å². The predicted octanol–water partition coefficient (Wildman–Crippen LogP) is 4.06. The van der Waals surface area contributed by atoms with Gasteiger partial charge in [-0.2, -0.15) is 4.98 Å². The highest BCUT2D eigenvalue weighted by molar-refractivity contribution is 7.92. The molecule has 0 aliphatic heterocycles. The van der Waals surface area contributed by atoms with Gasteiger partial charge in [-0.25, -0.2) is 13.4 Å². The van der Waals surface area contributed by atoms with Gasteiger partial charge in [0.05, 0.1) is 17.0 Å². The number of benzene rings is 2. The van der Waals surface area contributed by atoms with E-state index in [0.29, 0.717) is 17.4 Å². The number of hydrogen-bond acceptors (Lipinski definition) is 7. The average Bonchev–Trinajstić information content (AvgIpc) is 2.68. The number of nitrogens with one attached hydrogen (secondary N) is 2. The van der Waals surface area contributed by atoms with Gasteiger partial charge >= 0.3 is 0 Å². The van der Waals surface area contributed by atoms with Gasteiger partial charge < -0.3 is 15.0 Å². The molecule has 0 bridgehead atoms. The van der Waals surface area contributed by atoms with Crippen LogP contribution in [-0.2, 0) is 10.0 Å². The van der Waals surface area contributed by atoms with Gasteiger partial charge in [-0.1, -0.05) is 11.6 Å². The lowest BCUT2D eigenvalue weighted by Gasteiger charge is -2.14. The Kier molecular flexibility index (Phi) is 6.33. The maximum atomic E-state index is 12.6. The molecule has 0 fully saturated rings. The van der Waals surface area contributed by atoms with Gasteiger partial charge in [-0.3, -0.25) is 4.72 Å². The van der Waals surface area contributed by atoms with Crippen LogP contribution in [0.3, 0.4) is 0 Å². The van der Waals surface area contributed by atoms with Gasteiger partial charge in [0.1, 0.15) is 11.6 Å². The van der Waals surface area contributed by atoms with Crippen LogP contribution in [0.2, 0.25) is 5.02 Å². The van der Waals surface area contributed by atoms with Crippen LogP contribution in [0.25, 0.3) is 0 Å². The van der Waals surface area contributed by atoms with E-state index >= 15 is 0 Å². The quantitative estimate of drug-likeness (QED) is 0.563. The van der Waals surface area contributed by atoms with Crippen molar-refractivity contribution in [3.63, 3.8) is 0 Å². The van der Waals surface area contributed by atoms with Crippen molar-refractivity contribution in [3.05, 3.63) is 59.2 Å². The van der Waals surface area contributed by atoms with Crippen molar-refractivity contribution in [2.45, 2.75) is 11.8 Å². The number of aryl methyl sites for hydroxylation is 1. The average molecular weight is 448 g/mol. The molecule has 8 nitrogen and oxygen atoms in total. The Morgan fingerprint density at radius 3 is 2.27 bits per heavy atom. The molecule has 0 saturated heterocycles. The summed E-state index contributed by atoms with van der Waals surface area (Å²) in [6, 6.07) is 12.9. The summed E-state index contributed by atoms with van der Waals surface area (Å²) in [6.07, 6.45) is 0. The van der Waals surface area contributed by atoms with Crippen molar-refractivity contribution in [3.8, 4) is 5.75 Å². The van der Waals surface area contributed by atoms with E-state index in [0.717, 1.165) is 17.2 Å². The van der Waals surface area contributed by atoms with Crippen LogP contribution >= 0.6 is 11.6 Å². The van der Waals surface area contributed by atoms with Crippen molar-refractivity contribution < 1.29 is 13.2 Å². The molecule has 2 N–H and O–H groups in total. The summed E-state index contributed by atoms with van der Waals surface area (Å²) >= 11 is 6.04. The van der Waals surface area contributed by atoms with E-state index in [1.807, 2.05) is 32.0 Å². The second-order valence-corrected chi connectivity index (χ2v) is 8.78. The zero-order chi connectivity index (χ0) is 21.9. The largest absolute Gasteiger partial charge is 0.495 e. The van der Waals surface area contributed by atoms with Gasteiger partial charge in [-0.05, 0) is 49.4 Å². The second-order valence-electron chi connectivity index (χ2n) is 6.69. The summed E-state index contributed by atoms with van der Waals surface area (Å²) in [5.74, 6) is 1.65. The number of ether oxygens (including phenoxy) is 1. The van der Waals surface area contributed by atoms with Crippen LogP contribution in [0, 0.1) is 6.92 Å². The highest BCUT2D eigenvalue weighted by Crippen LogP contribution is 2.28. The highest BCUT2D eigenvalue weighted by atomic mass is 35.5. The smallest absolute Gasteiger partial charge is 0.261 e. The Morgan fingerprint density at radius 1 is 1.00 bits per heavy atom. The fourth-order valence-corrected chi connectivity index (χ4v) is 4.02. The Morgan fingerprint density at radius 2 is 1.67 bits per heavy atom. The molecule has 1 heterocycles. The topological polar surface area (TPSA) is 96.5 Å². The number of nitrogens with zero attached hydrogens (tertiary/aromatic N) is 3. The minimum atomic E-state index is -3.79. The summed E-state index contributed by atoms with van der Waals surface area (Å²) in [6.45, 7) is 1.89. The van der Waals surface area contributed by atoms with Crippen molar-refractivity contribution in [2.24, 2.45) is 0 Å². The summed E-state index contributed by atoms with van der Waals surface area (Å²) in [7, 11) is 1.48. The molecule has 1 aromatic heterocycles. The lowest BCUT2D eigenvalue weighted by atomic mass is 10.3. The molecule has 0 aliphatic rings. The van der Waals surface area contributed by atoms with E-state index < -0.39 is 10.0 Å². The summed E-state index contributed by atoms with van der Waals surface area (Å²) in [5, 5.41) is 3.34. The minimum Gasteiger partial charge on any atom is -0.495 e. The third-order valence-electron chi connectivity index (χ3n) is 4.13. The zero-order valence-corrected chi connectivity index (χ0v) is 18.5. The van der Waals surface area contributed by atoms with Crippen LogP contribution in [0.15, 0.2) is 53.4 Å². The van der Waals surface area contributed by atoms with Crippen molar-refractivity contribution in [1.82, 2.24) is 9.97 Å². The van der Waals surface area contributed by atoms with Gasteiger partial charge in [0.15, 0.2) is 0 Å². The molecule has 3 aromatic rings. The lowest BCUT2D eigenvalue weighted by molar-refractivity contribution is 0.414. The standard InChI is InChI=1S/C20H22ClN5O3S/c1-13-11-19(26(2)3)24-20(22-13)23-14-5-7-15(8-6-14)25-30(27,28)16-9-10-18(29-4)17(21)12-16/h5-12,25H,1-4H3,(H,22,23,24). The first kappa shape index (κ1) is 21.7. The molecule has 0 atom stereocenters. The van der Waals surface area contributed by atoms with E-state index in [9.17, 15) is 8.42 Å². The normalized spacial score (nSPS) is 11.1. The van der Waals surface area contributed by atoms with Crippen molar-refractivity contribution in [1.29, 1.82) is 0 Å². The monoisotopic (exact) mass is 447 g/mol. The van der Waals surface area contributed by atoms with E-state index in [-0.39, 0.29) is 9.92 Å². The Hall–Kier alpha value is -3.04. The summed E-state index contributed by atoms with van der Waals surface area (Å²) in [5.41, 5.74) is 1.96. The number of rotatable bonds is 7. The first-order valence-electron chi connectivity index (χ1n) is 8.94. The molecular formula is C20H22ClN5O3S. The van der Waals surface area contributed by atoms with Crippen LogP contribution in [-0.4, -0.2) is 39.6 Å². The molecule has 10 heteroatoms. The molecule has 3 rings (SSSR count). The molecule has 30 heavy (non-hydrogen) atoms. The van der Waals surface area contributed by atoms with Gasteiger partial charge in [0.2, 0.25) is 5.95 Å². The highest BCUT2D eigenvalue weighted by Gasteiger charge is 2.16. The maximum Gasteiger partial charge on any atom is 0.261 e. The van der Waals surface area contributed by atoms with Crippen LogP contribution in [0.4, 0.5) is 23.1 Å². The Balaban J connectivity index is 1.75. The number of aromatic nitrogens is 2. The number of sulfonamides is 1. The zero-order valence-electron chi connectivity index (χ0n) is 17.0. The van der Waals surface area contributed by atoms with Crippen molar-refractivity contribution >= 4 is 44.8 Å². The fourth-order valence-electron chi connectivity index (χ4n) is 2.62. The van der Waals surface area contributed by atoms with E-state index in [1.54, 1.807) is 24.3 Å². The predicted molar refractivity (Wildman–Crippen MR) is 120 cm³/mol. The van der Waals surface area contributed by atoms with Gasteiger partial charge in [0.25, 0.3) is 10.0 Å². The Labute approximate surface area is 180 Å². The minimum absolute atomic E-state index is 0.0416. The molecule has 0 unspecified atom stereocenters. The molecule has 0 spiro atoms. The number of halogens is 1. The van der Waals surface area contributed by atoms with Crippen LogP contribution < -0.4 is 19.7 Å². The second kappa shape index (κ2) is 8.76. The molecule has 2 aromatic carbocycles. The SMILES string of the molecule is COc1ccc(S(=O)(=O)Nc2ccc(Nc3nc(C)cc(N(C)C)n3)cc2)cc1Cl. The van der Waals surface area contributed by atoms with Crippen molar-refractivity contribution in [2.75, 3.05) is 36.1 Å². The third kappa shape index (κ3) is 5.11. The molecule has 0 radical (unpaired) electrons. The molecule has 0 amide bonds. The summed E-state index contributed by atoms with van der Waals surface area (Å²) in [4.78, 5) is 10.7.